The van der Waals surface area contributed by atoms with Gasteiger partial charge in [0.05, 0.1) is 0 Å². The van der Waals surface area contributed by atoms with Crippen molar-refractivity contribution in [3.05, 3.63) is 40.0 Å². The minimum atomic E-state index is -0.857. The molecule has 0 fully saturated rings. The summed E-state index contributed by atoms with van der Waals surface area (Å²) in [6.07, 6.45) is 2.28. The topological polar surface area (TPSA) is 81.9 Å². The molecule has 1 rings (SSSR count). The van der Waals surface area contributed by atoms with Gasteiger partial charge in [-0.05, 0) is 52.9 Å². The van der Waals surface area contributed by atoms with E-state index in [1.165, 1.54) is 11.0 Å². The minimum absolute atomic E-state index is 0.0157. The zero-order chi connectivity index (χ0) is 16.5. The van der Waals surface area contributed by atoms with Gasteiger partial charge in [0, 0.05) is 24.1 Å². The number of carbonyl (C=O) groups is 2. The third-order valence-electron chi connectivity index (χ3n) is 2.63. The van der Waals surface area contributed by atoms with Gasteiger partial charge >= 0.3 is 6.09 Å². The molecule has 0 aliphatic rings. The van der Waals surface area contributed by atoms with Gasteiger partial charge < -0.3 is 20.1 Å². The summed E-state index contributed by atoms with van der Waals surface area (Å²) < 4.78 is 11.6. The zero-order valence-electron chi connectivity index (χ0n) is 12.5. The molecular formula is C15H19IN2O4. The first-order valence-corrected chi connectivity index (χ1v) is 7.68. The van der Waals surface area contributed by atoms with Gasteiger partial charge in [-0.25, -0.2) is 4.79 Å². The van der Waals surface area contributed by atoms with Crippen LogP contribution in [0.25, 0.3) is 0 Å². The Kier molecular flexibility index (Phi) is 7.72. The first-order valence-electron chi connectivity index (χ1n) is 6.60. The predicted octanol–water partition coefficient (Wildman–Crippen LogP) is 2.17. The van der Waals surface area contributed by atoms with Crippen molar-refractivity contribution in [1.29, 1.82) is 0 Å². The van der Waals surface area contributed by atoms with E-state index < -0.39 is 12.2 Å². The second-order valence-corrected chi connectivity index (χ2v) is 5.94. The highest BCUT2D eigenvalue weighted by Gasteiger charge is 2.12. The van der Waals surface area contributed by atoms with E-state index in [9.17, 15) is 9.59 Å². The highest BCUT2D eigenvalue weighted by Crippen LogP contribution is 2.16. The summed E-state index contributed by atoms with van der Waals surface area (Å²) in [5.74, 6) is 0.537. The van der Waals surface area contributed by atoms with Crippen LogP contribution in [0.15, 0.2) is 36.4 Å². The van der Waals surface area contributed by atoms with Crippen molar-refractivity contribution in [3.8, 4) is 5.75 Å². The molecule has 22 heavy (non-hydrogen) atoms. The molecule has 0 aromatic heterocycles. The van der Waals surface area contributed by atoms with E-state index in [-0.39, 0.29) is 12.5 Å². The maximum atomic E-state index is 11.5. The standard InChI is InChI=1S/C15H19IN2O4/c1-18(2)14(19)5-3-4-13(10-21-15(17)20)22-12-8-6-11(16)7-9-12/h3,5-9,13H,4,10H2,1-2H3,(H2,17,20)/b5-3-. The van der Waals surface area contributed by atoms with Crippen molar-refractivity contribution in [2.45, 2.75) is 12.5 Å². The van der Waals surface area contributed by atoms with E-state index in [2.05, 4.69) is 22.6 Å². The van der Waals surface area contributed by atoms with Gasteiger partial charge in [-0.2, -0.15) is 0 Å². The molecule has 1 unspecified atom stereocenters. The van der Waals surface area contributed by atoms with Crippen LogP contribution >= 0.6 is 22.6 Å². The molecular weight excluding hydrogens is 399 g/mol. The Morgan fingerprint density at radius 3 is 2.50 bits per heavy atom. The fraction of sp³-hybridized carbons (Fsp3) is 0.333. The van der Waals surface area contributed by atoms with Crippen LogP contribution in [0.3, 0.4) is 0 Å². The molecule has 0 saturated carbocycles. The number of hydrogen-bond acceptors (Lipinski definition) is 4. The predicted molar refractivity (Wildman–Crippen MR) is 91.6 cm³/mol. The number of carbonyl (C=O) groups excluding carboxylic acids is 2. The van der Waals surface area contributed by atoms with Crippen LogP contribution in [0.4, 0.5) is 4.79 Å². The lowest BCUT2D eigenvalue weighted by atomic mass is 10.2. The molecule has 7 heteroatoms. The Morgan fingerprint density at radius 1 is 1.32 bits per heavy atom. The molecule has 2 amide bonds. The number of likely N-dealkylation sites (N-methyl/N-ethyl adjacent to an activating group) is 1. The average molecular weight is 418 g/mol. The van der Waals surface area contributed by atoms with Crippen LogP contribution in [0.1, 0.15) is 6.42 Å². The lowest BCUT2D eigenvalue weighted by Gasteiger charge is -2.17. The molecule has 0 spiro atoms. The summed E-state index contributed by atoms with van der Waals surface area (Å²) >= 11 is 2.20. The second kappa shape index (κ2) is 9.29. The Morgan fingerprint density at radius 2 is 1.95 bits per heavy atom. The maximum absolute atomic E-state index is 11.5. The molecule has 0 bridgehead atoms. The molecule has 1 aromatic rings. The lowest BCUT2D eigenvalue weighted by Crippen LogP contribution is -2.27. The van der Waals surface area contributed by atoms with Gasteiger partial charge in [-0.3, -0.25) is 4.79 Å². The summed E-state index contributed by atoms with van der Waals surface area (Å²) in [6, 6.07) is 7.47. The summed E-state index contributed by atoms with van der Waals surface area (Å²) in [5, 5.41) is 0. The summed E-state index contributed by atoms with van der Waals surface area (Å²) in [5.41, 5.74) is 4.97. The molecule has 0 heterocycles. The van der Waals surface area contributed by atoms with Crippen molar-refractivity contribution in [2.24, 2.45) is 5.73 Å². The average Bonchev–Trinajstić information content (AvgIpc) is 2.46. The smallest absolute Gasteiger partial charge is 0.404 e. The number of ether oxygens (including phenoxy) is 2. The molecule has 6 nitrogen and oxygen atoms in total. The number of halogens is 1. The number of rotatable bonds is 7. The Labute approximate surface area is 143 Å². The Balaban J connectivity index is 2.64. The van der Waals surface area contributed by atoms with Gasteiger partial charge in [-0.1, -0.05) is 6.08 Å². The summed E-state index contributed by atoms with van der Waals surface area (Å²) in [7, 11) is 3.34. The van der Waals surface area contributed by atoms with Crippen LogP contribution in [-0.2, 0) is 9.53 Å². The number of benzene rings is 1. The van der Waals surface area contributed by atoms with Gasteiger partial charge in [-0.15, -0.1) is 0 Å². The molecule has 0 aliphatic carbocycles. The van der Waals surface area contributed by atoms with Gasteiger partial charge in [0.2, 0.25) is 5.91 Å². The third-order valence-corrected chi connectivity index (χ3v) is 3.35. The van der Waals surface area contributed by atoms with Crippen LogP contribution in [0, 0.1) is 3.57 Å². The Hall–Kier alpha value is -1.77. The van der Waals surface area contributed by atoms with Gasteiger partial charge in [0.1, 0.15) is 18.5 Å². The molecule has 1 aromatic carbocycles. The summed E-state index contributed by atoms with van der Waals surface area (Å²) in [6.45, 7) is 0.0157. The van der Waals surface area contributed by atoms with E-state index in [1.807, 2.05) is 24.3 Å². The van der Waals surface area contributed by atoms with Crippen molar-refractivity contribution >= 4 is 34.6 Å². The van der Waals surface area contributed by atoms with Crippen molar-refractivity contribution in [2.75, 3.05) is 20.7 Å². The molecule has 1 atom stereocenters. The molecule has 0 aliphatic heterocycles. The van der Waals surface area contributed by atoms with E-state index in [0.717, 1.165) is 3.57 Å². The zero-order valence-corrected chi connectivity index (χ0v) is 14.6. The van der Waals surface area contributed by atoms with Gasteiger partial charge in [0.25, 0.3) is 0 Å². The molecule has 0 saturated heterocycles. The monoisotopic (exact) mass is 418 g/mol. The Bertz CT molecular complexity index is 529. The van der Waals surface area contributed by atoms with Crippen LogP contribution in [0.5, 0.6) is 5.75 Å². The number of nitrogens with two attached hydrogens (primary N) is 1. The van der Waals surface area contributed by atoms with E-state index in [1.54, 1.807) is 20.2 Å². The number of amides is 2. The van der Waals surface area contributed by atoms with Crippen LogP contribution in [-0.4, -0.2) is 43.7 Å². The van der Waals surface area contributed by atoms with E-state index >= 15 is 0 Å². The molecule has 120 valence electrons. The van der Waals surface area contributed by atoms with E-state index in [4.69, 9.17) is 15.2 Å². The SMILES string of the molecule is CN(C)C(=O)/C=C\CC(COC(N)=O)Oc1ccc(I)cc1. The molecule has 2 N–H and O–H groups in total. The minimum Gasteiger partial charge on any atom is -0.487 e. The number of nitrogens with zero attached hydrogens (tertiary/aromatic N) is 1. The van der Waals surface area contributed by atoms with Crippen LogP contribution < -0.4 is 10.5 Å². The van der Waals surface area contributed by atoms with Crippen molar-refractivity contribution < 1.29 is 19.1 Å². The van der Waals surface area contributed by atoms with Crippen molar-refractivity contribution in [1.82, 2.24) is 4.90 Å². The first kappa shape index (κ1) is 18.3. The normalized spacial score (nSPS) is 12.0. The summed E-state index contributed by atoms with van der Waals surface area (Å²) in [4.78, 5) is 23.7. The van der Waals surface area contributed by atoms with E-state index in [0.29, 0.717) is 12.2 Å². The van der Waals surface area contributed by atoms with Crippen molar-refractivity contribution in [3.63, 3.8) is 0 Å². The first-order chi connectivity index (χ1) is 10.4. The number of primary amides is 1. The lowest BCUT2D eigenvalue weighted by molar-refractivity contribution is -0.123. The highest BCUT2D eigenvalue weighted by atomic mass is 127. The van der Waals surface area contributed by atoms with Crippen LogP contribution in [0.2, 0.25) is 0 Å². The maximum Gasteiger partial charge on any atom is 0.404 e. The number of hydrogen-bond donors (Lipinski definition) is 1. The second-order valence-electron chi connectivity index (χ2n) is 4.69. The highest BCUT2D eigenvalue weighted by molar-refractivity contribution is 14.1. The fourth-order valence-corrected chi connectivity index (χ4v) is 1.86. The third kappa shape index (κ3) is 7.30. The van der Waals surface area contributed by atoms with Gasteiger partial charge in [0.15, 0.2) is 0 Å². The quantitative estimate of drug-likeness (QED) is 0.544. The fourth-order valence-electron chi connectivity index (χ4n) is 1.50. The molecule has 0 radical (unpaired) electrons. The largest absolute Gasteiger partial charge is 0.487 e.